The highest BCUT2D eigenvalue weighted by Crippen LogP contribution is 2.24. The van der Waals surface area contributed by atoms with Gasteiger partial charge in [0.15, 0.2) is 0 Å². The largest absolute Gasteiger partial charge is 0.458 e. The predicted molar refractivity (Wildman–Crippen MR) is 79.8 cm³/mol. The summed E-state index contributed by atoms with van der Waals surface area (Å²) in [4.78, 5) is 19.7. The third-order valence-electron chi connectivity index (χ3n) is 4.97. The van der Waals surface area contributed by atoms with E-state index < -0.39 is 0 Å². The first-order valence-electron chi connectivity index (χ1n) is 8.33. The molecule has 3 aliphatic rings. The maximum Gasteiger partial charge on any atom is 0.299 e. The molecule has 0 radical (unpaired) electrons. The van der Waals surface area contributed by atoms with Gasteiger partial charge in [-0.15, -0.1) is 0 Å². The van der Waals surface area contributed by atoms with E-state index in [9.17, 15) is 4.79 Å². The molecule has 0 amide bonds. The van der Waals surface area contributed by atoms with Crippen LogP contribution in [0.15, 0.2) is 4.79 Å². The van der Waals surface area contributed by atoms with Gasteiger partial charge in [-0.3, -0.25) is 14.3 Å². The maximum atomic E-state index is 12.6. The van der Waals surface area contributed by atoms with Crippen molar-refractivity contribution in [3.8, 4) is 6.01 Å². The number of nitrogens with zero attached hydrogens (tertiary/aromatic N) is 3. The SMILES string of the molecule is O=c1c2c(nc3n1CC(CN1CCCCC1)O3)CCCC2. The van der Waals surface area contributed by atoms with Crippen molar-refractivity contribution in [3.63, 3.8) is 0 Å². The first-order valence-corrected chi connectivity index (χ1v) is 8.33. The van der Waals surface area contributed by atoms with Crippen LogP contribution in [0.25, 0.3) is 0 Å². The van der Waals surface area contributed by atoms with Gasteiger partial charge < -0.3 is 4.74 Å². The normalized spacial score (nSPS) is 25.2. The van der Waals surface area contributed by atoms with Gasteiger partial charge in [0, 0.05) is 12.1 Å². The number of likely N-dealkylation sites (tertiary alicyclic amines) is 1. The Hall–Kier alpha value is -1.36. The second-order valence-electron chi connectivity index (χ2n) is 6.54. The minimum Gasteiger partial charge on any atom is -0.458 e. The molecule has 0 bridgehead atoms. The van der Waals surface area contributed by atoms with Crippen molar-refractivity contribution in [1.82, 2.24) is 14.5 Å². The molecule has 1 aromatic rings. The highest BCUT2D eigenvalue weighted by Gasteiger charge is 2.30. The second kappa shape index (κ2) is 5.44. The van der Waals surface area contributed by atoms with Crippen LogP contribution in [0, 0.1) is 0 Å². The first-order chi connectivity index (χ1) is 10.3. The lowest BCUT2D eigenvalue weighted by molar-refractivity contribution is 0.130. The number of hydrogen-bond donors (Lipinski definition) is 0. The van der Waals surface area contributed by atoms with Crippen LogP contribution in [-0.2, 0) is 19.4 Å². The standard InChI is InChI=1S/C16H23N3O2/c20-15-13-6-2-3-7-14(13)17-16-19(15)11-12(21-16)10-18-8-4-1-5-9-18/h12H,1-11H2. The van der Waals surface area contributed by atoms with Crippen molar-refractivity contribution < 1.29 is 4.74 Å². The molecule has 2 aliphatic heterocycles. The van der Waals surface area contributed by atoms with Gasteiger partial charge in [0.25, 0.3) is 11.6 Å². The minimum atomic E-state index is 0.0900. The second-order valence-corrected chi connectivity index (χ2v) is 6.54. The molecule has 0 saturated carbocycles. The first kappa shape index (κ1) is 13.3. The lowest BCUT2D eigenvalue weighted by atomic mass is 9.97. The zero-order valence-corrected chi connectivity index (χ0v) is 12.5. The molecular formula is C16H23N3O2. The molecule has 4 rings (SSSR count). The fourth-order valence-electron chi connectivity index (χ4n) is 3.83. The van der Waals surface area contributed by atoms with Gasteiger partial charge in [-0.1, -0.05) is 6.42 Å². The van der Waals surface area contributed by atoms with Gasteiger partial charge in [-0.05, 0) is 51.6 Å². The molecule has 3 heterocycles. The van der Waals surface area contributed by atoms with E-state index in [1.807, 2.05) is 0 Å². The summed E-state index contributed by atoms with van der Waals surface area (Å²) in [6.07, 6.45) is 8.07. The van der Waals surface area contributed by atoms with Gasteiger partial charge in [0.2, 0.25) is 0 Å². The monoisotopic (exact) mass is 289 g/mol. The van der Waals surface area contributed by atoms with Crippen LogP contribution in [0.4, 0.5) is 0 Å². The van der Waals surface area contributed by atoms with Gasteiger partial charge in [0.1, 0.15) is 6.10 Å². The summed E-state index contributed by atoms with van der Waals surface area (Å²) in [5.41, 5.74) is 2.07. The highest BCUT2D eigenvalue weighted by molar-refractivity contribution is 5.24. The number of hydrogen-bond acceptors (Lipinski definition) is 4. The summed E-state index contributed by atoms with van der Waals surface area (Å²) >= 11 is 0. The minimum absolute atomic E-state index is 0.0900. The zero-order valence-electron chi connectivity index (χ0n) is 12.5. The summed E-state index contributed by atoms with van der Waals surface area (Å²) in [6, 6.07) is 0.558. The number of rotatable bonds is 2. The fraction of sp³-hybridized carbons (Fsp3) is 0.750. The third kappa shape index (κ3) is 2.48. The number of aryl methyl sites for hydroxylation is 1. The number of piperidine rings is 1. The number of ether oxygens (including phenoxy) is 1. The van der Waals surface area contributed by atoms with Crippen molar-refractivity contribution >= 4 is 0 Å². The predicted octanol–water partition coefficient (Wildman–Crippen LogP) is 1.37. The Morgan fingerprint density at radius 1 is 1.10 bits per heavy atom. The average Bonchev–Trinajstić information content (AvgIpc) is 2.91. The molecule has 0 spiro atoms. The highest BCUT2D eigenvalue weighted by atomic mass is 16.5. The van der Waals surface area contributed by atoms with Crippen LogP contribution >= 0.6 is 0 Å². The van der Waals surface area contributed by atoms with Crippen molar-refractivity contribution in [2.24, 2.45) is 0 Å². The Morgan fingerprint density at radius 2 is 1.90 bits per heavy atom. The molecule has 1 fully saturated rings. The van der Waals surface area contributed by atoms with Crippen LogP contribution in [0.5, 0.6) is 6.01 Å². The molecule has 1 aromatic heterocycles. The Bertz CT molecular complexity index is 590. The third-order valence-corrected chi connectivity index (χ3v) is 4.97. The van der Waals surface area contributed by atoms with Gasteiger partial charge >= 0.3 is 0 Å². The van der Waals surface area contributed by atoms with Crippen LogP contribution in [0.2, 0.25) is 0 Å². The van der Waals surface area contributed by atoms with E-state index in [4.69, 9.17) is 4.74 Å². The molecular weight excluding hydrogens is 266 g/mol. The van der Waals surface area contributed by atoms with Gasteiger partial charge in [-0.25, -0.2) is 4.98 Å². The lowest BCUT2D eigenvalue weighted by Gasteiger charge is -2.28. The van der Waals surface area contributed by atoms with E-state index in [1.165, 1.54) is 19.3 Å². The number of aromatic nitrogens is 2. The lowest BCUT2D eigenvalue weighted by Crippen LogP contribution is -2.38. The maximum absolute atomic E-state index is 12.6. The molecule has 5 heteroatoms. The van der Waals surface area contributed by atoms with E-state index in [-0.39, 0.29) is 11.7 Å². The molecule has 5 nitrogen and oxygen atoms in total. The molecule has 1 saturated heterocycles. The molecule has 1 aliphatic carbocycles. The Morgan fingerprint density at radius 3 is 2.76 bits per heavy atom. The molecule has 1 unspecified atom stereocenters. The molecule has 0 N–H and O–H groups in total. The topological polar surface area (TPSA) is 47.4 Å². The molecule has 0 aromatic carbocycles. The van der Waals surface area contributed by atoms with Gasteiger partial charge in [-0.2, -0.15) is 0 Å². The molecule has 114 valence electrons. The number of fused-ring (bicyclic) bond motifs is 2. The van der Waals surface area contributed by atoms with E-state index in [1.54, 1.807) is 4.57 Å². The van der Waals surface area contributed by atoms with Crippen LogP contribution in [-0.4, -0.2) is 40.2 Å². The van der Waals surface area contributed by atoms with Crippen LogP contribution < -0.4 is 10.3 Å². The van der Waals surface area contributed by atoms with E-state index in [0.29, 0.717) is 12.6 Å². The van der Waals surface area contributed by atoms with E-state index in [0.717, 1.165) is 56.6 Å². The smallest absolute Gasteiger partial charge is 0.299 e. The summed E-state index contributed by atoms with van der Waals surface area (Å²) < 4.78 is 7.73. The van der Waals surface area contributed by atoms with E-state index in [2.05, 4.69) is 9.88 Å². The summed E-state index contributed by atoms with van der Waals surface area (Å²) in [5.74, 6) is 0. The van der Waals surface area contributed by atoms with Crippen molar-refractivity contribution in [3.05, 3.63) is 21.6 Å². The quantitative estimate of drug-likeness (QED) is 0.825. The Balaban J connectivity index is 1.53. The fourth-order valence-corrected chi connectivity index (χ4v) is 3.83. The summed E-state index contributed by atoms with van der Waals surface area (Å²) in [5, 5.41) is 0. The van der Waals surface area contributed by atoms with Crippen molar-refractivity contribution in [2.75, 3.05) is 19.6 Å². The molecule has 21 heavy (non-hydrogen) atoms. The van der Waals surface area contributed by atoms with Crippen LogP contribution in [0.3, 0.4) is 0 Å². The zero-order chi connectivity index (χ0) is 14.2. The van der Waals surface area contributed by atoms with Crippen LogP contribution in [0.1, 0.15) is 43.4 Å². The summed E-state index contributed by atoms with van der Waals surface area (Å²) in [6.45, 7) is 3.92. The summed E-state index contributed by atoms with van der Waals surface area (Å²) in [7, 11) is 0. The van der Waals surface area contributed by atoms with Crippen molar-refractivity contribution in [1.29, 1.82) is 0 Å². The van der Waals surface area contributed by atoms with Crippen molar-refractivity contribution in [2.45, 2.75) is 57.6 Å². The Kier molecular flexibility index (Phi) is 3.45. The molecule has 1 atom stereocenters. The van der Waals surface area contributed by atoms with Gasteiger partial charge in [0.05, 0.1) is 12.2 Å². The van der Waals surface area contributed by atoms with E-state index >= 15 is 0 Å². The average molecular weight is 289 g/mol. The Labute approximate surface area is 124 Å².